The molecule has 1 saturated heterocycles. The molecule has 1 aliphatic rings. The molecule has 0 radical (unpaired) electrons. The molecule has 0 unspecified atom stereocenters. The number of carbonyl (C=O) groups excluding carboxylic acids is 1. The van der Waals surface area contributed by atoms with Gasteiger partial charge in [-0.3, -0.25) is 9.69 Å². The fraction of sp³-hybridized carbons (Fsp3) is 0.450. The number of ether oxygens (including phenoxy) is 2. The summed E-state index contributed by atoms with van der Waals surface area (Å²) in [6.45, 7) is 5.79. The van der Waals surface area contributed by atoms with Crippen LogP contribution in [-0.2, 0) is 9.53 Å². The maximum absolute atomic E-state index is 11.7. The molecule has 25 heavy (non-hydrogen) atoms. The molecule has 0 aliphatic carbocycles. The number of hydrogen-bond acceptors (Lipinski definition) is 4. The Morgan fingerprint density at radius 3 is 2.88 bits per heavy atom. The Morgan fingerprint density at radius 1 is 1.28 bits per heavy atom. The molecule has 0 spiro atoms. The third kappa shape index (κ3) is 4.50. The number of benzene rings is 2. The van der Waals surface area contributed by atoms with Gasteiger partial charge in [0.15, 0.2) is 0 Å². The second-order valence-corrected chi connectivity index (χ2v) is 6.34. The van der Waals surface area contributed by atoms with E-state index in [1.165, 1.54) is 10.9 Å². The molecule has 1 amide bonds. The van der Waals surface area contributed by atoms with E-state index in [9.17, 15) is 4.79 Å². The lowest BCUT2D eigenvalue weighted by Gasteiger charge is -2.33. The van der Waals surface area contributed by atoms with Crippen LogP contribution in [0.5, 0.6) is 5.75 Å². The monoisotopic (exact) mass is 342 g/mol. The van der Waals surface area contributed by atoms with Crippen LogP contribution in [0.15, 0.2) is 36.4 Å². The van der Waals surface area contributed by atoms with Gasteiger partial charge in [-0.25, -0.2) is 0 Å². The topological polar surface area (TPSA) is 50.8 Å². The van der Waals surface area contributed by atoms with Crippen LogP contribution < -0.4 is 10.1 Å². The highest BCUT2D eigenvalue weighted by Crippen LogP contribution is 2.27. The van der Waals surface area contributed by atoms with E-state index >= 15 is 0 Å². The first-order valence-electron chi connectivity index (χ1n) is 8.88. The number of nitrogens with zero attached hydrogens (tertiary/aromatic N) is 1. The van der Waals surface area contributed by atoms with Gasteiger partial charge in [0.2, 0.25) is 5.91 Å². The molecule has 3 rings (SSSR count). The first-order chi connectivity index (χ1) is 12.2. The predicted octanol–water partition coefficient (Wildman–Crippen LogP) is 2.75. The summed E-state index contributed by atoms with van der Waals surface area (Å²) in [5.74, 6) is 0.982. The van der Waals surface area contributed by atoms with Gasteiger partial charge in [0.05, 0.1) is 19.8 Å². The Bertz CT molecular complexity index is 732. The Kier molecular flexibility index (Phi) is 5.89. The zero-order valence-corrected chi connectivity index (χ0v) is 15.0. The van der Waals surface area contributed by atoms with Crippen molar-refractivity contribution in [3.63, 3.8) is 0 Å². The van der Waals surface area contributed by atoms with E-state index in [0.29, 0.717) is 19.6 Å². The predicted molar refractivity (Wildman–Crippen MR) is 98.9 cm³/mol. The first-order valence-corrected chi connectivity index (χ1v) is 8.88. The number of hydrogen-bond donors (Lipinski definition) is 1. The molecule has 0 aromatic heterocycles. The number of rotatable bonds is 6. The van der Waals surface area contributed by atoms with E-state index in [2.05, 4.69) is 34.5 Å². The van der Waals surface area contributed by atoms with Gasteiger partial charge >= 0.3 is 0 Å². The molecule has 0 saturated carbocycles. The van der Waals surface area contributed by atoms with E-state index < -0.39 is 0 Å². The van der Waals surface area contributed by atoms with Crippen molar-refractivity contribution < 1.29 is 14.3 Å². The number of carbonyl (C=O) groups is 1. The van der Waals surface area contributed by atoms with Crippen molar-refractivity contribution in [1.82, 2.24) is 10.2 Å². The summed E-state index contributed by atoms with van der Waals surface area (Å²) < 4.78 is 11.3. The van der Waals surface area contributed by atoms with Crippen molar-refractivity contribution in [2.75, 3.05) is 39.9 Å². The summed E-state index contributed by atoms with van der Waals surface area (Å²) in [7, 11) is 1.68. The quantitative estimate of drug-likeness (QED) is 0.877. The molecule has 1 aliphatic heterocycles. The van der Waals surface area contributed by atoms with Crippen molar-refractivity contribution in [1.29, 1.82) is 0 Å². The lowest BCUT2D eigenvalue weighted by Crippen LogP contribution is -2.40. The van der Waals surface area contributed by atoms with Gasteiger partial charge in [-0.1, -0.05) is 18.2 Å². The van der Waals surface area contributed by atoms with Crippen LogP contribution in [0.4, 0.5) is 0 Å². The fourth-order valence-corrected chi connectivity index (χ4v) is 3.22. The summed E-state index contributed by atoms with van der Waals surface area (Å²) in [5.41, 5.74) is 1.18. The summed E-state index contributed by atoms with van der Waals surface area (Å²) in [4.78, 5) is 14.0. The average molecular weight is 342 g/mol. The Morgan fingerprint density at radius 2 is 2.08 bits per heavy atom. The van der Waals surface area contributed by atoms with E-state index in [4.69, 9.17) is 9.47 Å². The first kappa shape index (κ1) is 17.7. The van der Waals surface area contributed by atoms with Gasteiger partial charge in [0.1, 0.15) is 5.75 Å². The van der Waals surface area contributed by atoms with Crippen molar-refractivity contribution >= 4 is 16.7 Å². The molecule has 2 aromatic rings. The standard InChI is InChI=1S/C20H26N2O3/c1-3-21-20(23)8-9-22-10-11-25-19(14-22)17-5-4-16-13-18(24-2)7-6-15(16)12-17/h4-7,12-13,19H,3,8-11,14H2,1-2H3,(H,21,23)/t19-/m1/s1. The number of nitrogens with one attached hydrogen (secondary N) is 1. The van der Waals surface area contributed by atoms with Gasteiger partial charge in [0, 0.05) is 32.6 Å². The number of morpholine rings is 1. The van der Waals surface area contributed by atoms with Crippen LogP contribution in [0.1, 0.15) is 25.0 Å². The second kappa shape index (κ2) is 8.32. The highest BCUT2D eigenvalue weighted by molar-refractivity contribution is 5.84. The molecular weight excluding hydrogens is 316 g/mol. The fourth-order valence-electron chi connectivity index (χ4n) is 3.22. The summed E-state index contributed by atoms with van der Waals surface area (Å²) >= 11 is 0. The van der Waals surface area contributed by atoms with Crippen molar-refractivity contribution in [2.45, 2.75) is 19.4 Å². The third-order valence-corrected chi connectivity index (χ3v) is 4.62. The molecule has 2 aromatic carbocycles. The molecule has 1 fully saturated rings. The minimum atomic E-state index is 0.0505. The highest BCUT2D eigenvalue weighted by Gasteiger charge is 2.22. The zero-order valence-electron chi connectivity index (χ0n) is 15.0. The zero-order chi connectivity index (χ0) is 17.6. The van der Waals surface area contributed by atoms with E-state index in [1.807, 2.05) is 19.1 Å². The van der Waals surface area contributed by atoms with Crippen molar-refractivity contribution in [3.05, 3.63) is 42.0 Å². The Labute approximate surface area is 148 Å². The Hall–Kier alpha value is -2.11. The smallest absolute Gasteiger partial charge is 0.221 e. The van der Waals surface area contributed by atoms with E-state index in [-0.39, 0.29) is 12.0 Å². The van der Waals surface area contributed by atoms with Gasteiger partial charge in [0.25, 0.3) is 0 Å². The number of methoxy groups -OCH3 is 1. The summed E-state index contributed by atoms with van der Waals surface area (Å²) in [5, 5.41) is 5.19. The van der Waals surface area contributed by atoms with E-state index in [0.717, 1.165) is 30.8 Å². The molecule has 1 heterocycles. The molecule has 0 bridgehead atoms. The van der Waals surface area contributed by atoms with Crippen LogP contribution in [0.2, 0.25) is 0 Å². The van der Waals surface area contributed by atoms with Gasteiger partial charge in [-0.2, -0.15) is 0 Å². The molecule has 5 heteroatoms. The largest absolute Gasteiger partial charge is 0.497 e. The molecule has 5 nitrogen and oxygen atoms in total. The lowest BCUT2D eigenvalue weighted by atomic mass is 10.0. The van der Waals surface area contributed by atoms with Crippen LogP contribution >= 0.6 is 0 Å². The van der Waals surface area contributed by atoms with Crippen LogP contribution in [-0.4, -0.2) is 50.7 Å². The molecule has 1 atom stereocenters. The Balaban J connectivity index is 1.66. The molecular formula is C20H26N2O3. The highest BCUT2D eigenvalue weighted by atomic mass is 16.5. The number of fused-ring (bicyclic) bond motifs is 1. The lowest BCUT2D eigenvalue weighted by molar-refractivity contribution is -0.121. The van der Waals surface area contributed by atoms with Crippen molar-refractivity contribution in [2.24, 2.45) is 0 Å². The molecule has 1 N–H and O–H groups in total. The maximum Gasteiger partial charge on any atom is 0.221 e. The third-order valence-electron chi connectivity index (χ3n) is 4.62. The van der Waals surface area contributed by atoms with Crippen molar-refractivity contribution in [3.8, 4) is 5.75 Å². The van der Waals surface area contributed by atoms with E-state index in [1.54, 1.807) is 7.11 Å². The van der Waals surface area contributed by atoms with Gasteiger partial charge < -0.3 is 14.8 Å². The minimum Gasteiger partial charge on any atom is -0.497 e. The van der Waals surface area contributed by atoms with Crippen LogP contribution in [0.25, 0.3) is 10.8 Å². The normalized spacial score (nSPS) is 18.2. The SMILES string of the molecule is CCNC(=O)CCN1CCO[C@@H](c2ccc3cc(OC)ccc3c2)C1. The minimum absolute atomic E-state index is 0.0505. The number of amides is 1. The molecule has 134 valence electrons. The maximum atomic E-state index is 11.7. The van der Waals surface area contributed by atoms with Gasteiger partial charge in [-0.15, -0.1) is 0 Å². The average Bonchev–Trinajstić information content (AvgIpc) is 2.66. The summed E-state index contributed by atoms with van der Waals surface area (Å²) in [6, 6.07) is 12.5. The van der Waals surface area contributed by atoms with Crippen LogP contribution in [0.3, 0.4) is 0 Å². The summed E-state index contributed by atoms with van der Waals surface area (Å²) in [6.07, 6.45) is 0.590. The van der Waals surface area contributed by atoms with Gasteiger partial charge in [-0.05, 0) is 41.5 Å². The van der Waals surface area contributed by atoms with Crippen LogP contribution in [0, 0.1) is 0 Å². The second-order valence-electron chi connectivity index (χ2n) is 6.34.